The largest absolute Gasteiger partial charge is 0.351 e. The van der Waals surface area contributed by atoms with Gasteiger partial charge in [0.15, 0.2) is 11.0 Å². The SMILES string of the molecule is CC(=O)Nc1c(C)ccc(CNC(=O)CSc2nnc(-c3ccc(Cl)cc3Cl)n2C)c1C. The third-order valence-corrected chi connectivity index (χ3v) is 6.47. The minimum atomic E-state index is -0.134. The van der Waals surface area contributed by atoms with Crippen molar-refractivity contribution in [3.05, 3.63) is 57.1 Å². The maximum Gasteiger partial charge on any atom is 0.230 e. The lowest BCUT2D eigenvalue weighted by molar-refractivity contribution is -0.118. The van der Waals surface area contributed by atoms with Gasteiger partial charge >= 0.3 is 0 Å². The number of aryl methyl sites for hydroxylation is 1. The van der Waals surface area contributed by atoms with Crippen LogP contribution in [0.1, 0.15) is 23.6 Å². The average molecular weight is 492 g/mol. The lowest BCUT2D eigenvalue weighted by atomic mass is 10.0. The van der Waals surface area contributed by atoms with Gasteiger partial charge in [-0.15, -0.1) is 10.2 Å². The molecule has 0 unspecified atom stereocenters. The number of anilines is 1. The number of aromatic nitrogens is 3. The van der Waals surface area contributed by atoms with Crippen LogP contribution in [0.15, 0.2) is 35.5 Å². The van der Waals surface area contributed by atoms with Crippen molar-refractivity contribution in [1.29, 1.82) is 0 Å². The molecule has 2 amide bonds. The first-order valence-corrected chi connectivity index (χ1v) is 11.5. The van der Waals surface area contributed by atoms with Gasteiger partial charge in [-0.3, -0.25) is 9.59 Å². The third kappa shape index (κ3) is 5.62. The van der Waals surface area contributed by atoms with Crippen molar-refractivity contribution >= 4 is 52.5 Å². The van der Waals surface area contributed by atoms with E-state index in [1.165, 1.54) is 18.7 Å². The normalized spacial score (nSPS) is 10.8. The second kappa shape index (κ2) is 10.4. The van der Waals surface area contributed by atoms with Gasteiger partial charge in [-0.1, -0.05) is 47.1 Å². The second-order valence-corrected chi connectivity index (χ2v) is 9.06. The molecule has 1 aromatic heterocycles. The van der Waals surface area contributed by atoms with Crippen LogP contribution in [0.25, 0.3) is 11.4 Å². The van der Waals surface area contributed by atoms with Crippen molar-refractivity contribution < 1.29 is 9.59 Å². The van der Waals surface area contributed by atoms with Gasteiger partial charge in [0.2, 0.25) is 11.8 Å². The number of carbonyl (C=O) groups excluding carboxylic acids is 2. The molecule has 2 aromatic carbocycles. The number of hydrogen-bond acceptors (Lipinski definition) is 5. The fourth-order valence-electron chi connectivity index (χ4n) is 3.17. The zero-order valence-electron chi connectivity index (χ0n) is 18.1. The molecule has 1 heterocycles. The number of rotatable bonds is 7. The number of nitrogens with zero attached hydrogens (tertiary/aromatic N) is 3. The van der Waals surface area contributed by atoms with Crippen LogP contribution in [-0.4, -0.2) is 32.3 Å². The molecule has 0 spiro atoms. The molecular formula is C22H23Cl2N5O2S. The predicted molar refractivity (Wildman–Crippen MR) is 129 cm³/mol. The van der Waals surface area contributed by atoms with E-state index in [9.17, 15) is 9.59 Å². The summed E-state index contributed by atoms with van der Waals surface area (Å²) in [5.41, 5.74) is 4.35. The Morgan fingerprint density at radius 3 is 2.56 bits per heavy atom. The quantitative estimate of drug-likeness (QED) is 0.464. The zero-order chi connectivity index (χ0) is 23.4. The van der Waals surface area contributed by atoms with Gasteiger partial charge in [0, 0.05) is 36.8 Å². The first kappa shape index (κ1) is 24.1. The van der Waals surface area contributed by atoms with Crippen LogP contribution in [0.3, 0.4) is 0 Å². The second-order valence-electron chi connectivity index (χ2n) is 7.28. The molecule has 3 aromatic rings. The van der Waals surface area contributed by atoms with Gasteiger partial charge in [-0.2, -0.15) is 0 Å². The molecule has 0 aliphatic rings. The minimum absolute atomic E-state index is 0.128. The first-order chi connectivity index (χ1) is 15.2. The first-order valence-electron chi connectivity index (χ1n) is 9.78. The standard InChI is InChI=1S/C22H23Cl2N5O2S/c1-12-5-6-15(13(2)20(12)26-14(3)30)10-25-19(31)11-32-22-28-27-21(29(22)4)17-8-7-16(23)9-18(17)24/h5-9H,10-11H2,1-4H3,(H,25,31)(H,26,30). The molecule has 2 N–H and O–H groups in total. The zero-order valence-corrected chi connectivity index (χ0v) is 20.5. The van der Waals surface area contributed by atoms with Crippen LogP contribution in [0.4, 0.5) is 5.69 Å². The summed E-state index contributed by atoms with van der Waals surface area (Å²) in [4.78, 5) is 23.9. The van der Waals surface area contributed by atoms with Crippen LogP contribution in [0, 0.1) is 13.8 Å². The molecule has 0 aliphatic heterocycles. The molecule has 3 rings (SSSR count). The van der Waals surface area contributed by atoms with Crippen LogP contribution >= 0.6 is 35.0 Å². The maximum atomic E-state index is 12.4. The van der Waals surface area contributed by atoms with E-state index >= 15 is 0 Å². The predicted octanol–water partition coefficient (Wildman–Crippen LogP) is 4.77. The number of benzene rings is 2. The van der Waals surface area contributed by atoms with E-state index in [0.29, 0.717) is 33.1 Å². The molecule has 0 saturated carbocycles. The minimum Gasteiger partial charge on any atom is -0.351 e. The summed E-state index contributed by atoms with van der Waals surface area (Å²) in [6.45, 7) is 5.70. The summed E-state index contributed by atoms with van der Waals surface area (Å²) in [5.74, 6) is 0.515. The Morgan fingerprint density at radius 1 is 1.12 bits per heavy atom. The van der Waals surface area contributed by atoms with Crippen LogP contribution in [0.2, 0.25) is 10.0 Å². The van der Waals surface area contributed by atoms with E-state index in [1.54, 1.807) is 22.8 Å². The number of carbonyl (C=O) groups is 2. The van der Waals surface area contributed by atoms with E-state index in [-0.39, 0.29) is 17.6 Å². The van der Waals surface area contributed by atoms with Gasteiger partial charge in [-0.05, 0) is 48.7 Å². The van der Waals surface area contributed by atoms with Gasteiger partial charge in [-0.25, -0.2) is 0 Å². The molecule has 0 aliphatic carbocycles. The van der Waals surface area contributed by atoms with Gasteiger partial charge in [0.05, 0.1) is 10.8 Å². The van der Waals surface area contributed by atoms with E-state index in [2.05, 4.69) is 20.8 Å². The number of halogens is 2. The Balaban J connectivity index is 1.62. The highest BCUT2D eigenvalue weighted by Crippen LogP contribution is 2.30. The summed E-state index contributed by atoms with van der Waals surface area (Å²) in [6.07, 6.45) is 0. The Morgan fingerprint density at radius 2 is 1.88 bits per heavy atom. The molecule has 7 nitrogen and oxygen atoms in total. The molecule has 0 atom stereocenters. The molecule has 0 bridgehead atoms. The summed E-state index contributed by atoms with van der Waals surface area (Å²) >= 11 is 13.5. The van der Waals surface area contributed by atoms with Gasteiger partial charge < -0.3 is 15.2 Å². The van der Waals surface area contributed by atoms with Crippen molar-refractivity contribution in [3.63, 3.8) is 0 Å². The lowest BCUT2D eigenvalue weighted by Crippen LogP contribution is -2.25. The Hall–Kier alpha value is -2.55. The van der Waals surface area contributed by atoms with Crippen molar-refractivity contribution in [3.8, 4) is 11.4 Å². The van der Waals surface area contributed by atoms with Crippen molar-refractivity contribution in [2.45, 2.75) is 32.5 Å². The lowest BCUT2D eigenvalue weighted by Gasteiger charge is -2.15. The smallest absolute Gasteiger partial charge is 0.230 e. The maximum absolute atomic E-state index is 12.4. The molecule has 0 radical (unpaired) electrons. The Labute approximate surface area is 200 Å². The molecule has 168 valence electrons. The molecule has 0 fully saturated rings. The van der Waals surface area contributed by atoms with E-state index < -0.39 is 0 Å². The summed E-state index contributed by atoms with van der Waals surface area (Å²) in [6, 6.07) is 9.06. The Bertz CT molecular complexity index is 1180. The van der Waals surface area contributed by atoms with E-state index in [0.717, 1.165) is 22.4 Å². The average Bonchev–Trinajstić information content (AvgIpc) is 3.09. The molecule has 0 saturated heterocycles. The Kier molecular flexibility index (Phi) is 7.82. The highest BCUT2D eigenvalue weighted by atomic mass is 35.5. The number of thioether (sulfide) groups is 1. The highest BCUT2D eigenvalue weighted by molar-refractivity contribution is 7.99. The van der Waals surface area contributed by atoms with Crippen LogP contribution < -0.4 is 10.6 Å². The van der Waals surface area contributed by atoms with Crippen LogP contribution in [-0.2, 0) is 23.2 Å². The van der Waals surface area contributed by atoms with Crippen molar-refractivity contribution in [2.75, 3.05) is 11.1 Å². The van der Waals surface area contributed by atoms with E-state index in [4.69, 9.17) is 23.2 Å². The summed E-state index contributed by atoms with van der Waals surface area (Å²) < 4.78 is 1.79. The molecular weight excluding hydrogens is 469 g/mol. The third-order valence-electron chi connectivity index (χ3n) is 4.90. The van der Waals surface area contributed by atoms with E-state index in [1.807, 2.05) is 33.0 Å². The summed E-state index contributed by atoms with van der Waals surface area (Å²) in [5, 5.41) is 15.8. The summed E-state index contributed by atoms with van der Waals surface area (Å²) in [7, 11) is 1.82. The van der Waals surface area contributed by atoms with Crippen LogP contribution in [0.5, 0.6) is 0 Å². The fraction of sp³-hybridized carbons (Fsp3) is 0.273. The van der Waals surface area contributed by atoms with Crippen molar-refractivity contribution in [2.24, 2.45) is 7.05 Å². The van der Waals surface area contributed by atoms with Gasteiger partial charge in [0.1, 0.15) is 0 Å². The fourth-order valence-corrected chi connectivity index (χ4v) is 4.40. The topological polar surface area (TPSA) is 88.9 Å². The highest BCUT2D eigenvalue weighted by Gasteiger charge is 2.16. The number of nitrogens with one attached hydrogen (secondary N) is 2. The molecule has 32 heavy (non-hydrogen) atoms. The number of hydrogen-bond donors (Lipinski definition) is 2. The molecule has 10 heteroatoms. The monoisotopic (exact) mass is 491 g/mol. The van der Waals surface area contributed by atoms with Crippen molar-refractivity contribution in [1.82, 2.24) is 20.1 Å². The van der Waals surface area contributed by atoms with Gasteiger partial charge in [0.25, 0.3) is 0 Å². The number of amides is 2.